The number of benzene rings is 1. The summed E-state index contributed by atoms with van der Waals surface area (Å²) in [4.78, 5) is 12.5. The highest BCUT2D eigenvalue weighted by molar-refractivity contribution is 9.10. The predicted octanol–water partition coefficient (Wildman–Crippen LogP) is 3.51. The smallest absolute Gasteiger partial charge is 0.265 e. The van der Waals surface area contributed by atoms with Gasteiger partial charge in [-0.1, -0.05) is 0 Å². The van der Waals surface area contributed by atoms with Gasteiger partial charge in [-0.3, -0.25) is 4.79 Å². The number of anilines is 1. The van der Waals surface area contributed by atoms with Crippen LogP contribution in [0, 0.1) is 22.7 Å². The summed E-state index contributed by atoms with van der Waals surface area (Å²) in [5.74, 6) is -0.246. The molecule has 0 fully saturated rings. The number of nitrogens with zero attached hydrogens (tertiary/aromatic N) is 2. The lowest BCUT2D eigenvalue weighted by Crippen LogP contribution is -2.10. The zero-order valence-corrected chi connectivity index (χ0v) is 11.9. The number of thiophene rings is 1. The molecule has 0 saturated carbocycles. The number of hydrogen-bond donors (Lipinski definition) is 1. The van der Waals surface area contributed by atoms with Gasteiger partial charge in [0.25, 0.3) is 5.91 Å². The van der Waals surface area contributed by atoms with Crippen LogP contribution in [0.3, 0.4) is 0 Å². The normalized spacial score (nSPS) is 9.42. The summed E-state index contributed by atoms with van der Waals surface area (Å²) in [6, 6.07) is 10.2. The highest BCUT2D eigenvalue weighted by Crippen LogP contribution is 2.21. The van der Waals surface area contributed by atoms with Gasteiger partial charge in [-0.15, -0.1) is 11.3 Å². The molecule has 0 radical (unpaired) electrons. The first-order chi connectivity index (χ1) is 9.13. The summed E-state index contributed by atoms with van der Waals surface area (Å²) in [5.41, 5.74) is 1.03. The standard InChI is InChI=1S/C13H6BrN3OS/c14-10-4-12(19-7-10)13(18)17-11-2-1-8(5-15)9(3-11)6-16/h1-4,7H,(H,17,18). The van der Waals surface area contributed by atoms with Crippen LogP contribution in [0.1, 0.15) is 20.8 Å². The Kier molecular flexibility index (Phi) is 3.96. The van der Waals surface area contributed by atoms with Crippen molar-refractivity contribution in [3.63, 3.8) is 0 Å². The minimum Gasteiger partial charge on any atom is -0.321 e. The summed E-state index contributed by atoms with van der Waals surface area (Å²) in [7, 11) is 0. The van der Waals surface area contributed by atoms with Crippen LogP contribution < -0.4 is 5.32 Å². The van der Waals surface area contributed by atoms with Gasteiger partial charge in [0.1, 0.15) is 12.1 Å². The molecule has 19 heavy (non-hydrogen) atoms. The molecule has 2 rings (SSSR count). The fraction of sp³-hybridized carbons (Fsp3) is 0. The fourth-order valence-corrected chi connectivity index (χ4v) is 2.76. The van der Waals surface area contributed by atoms with E-state index in [0.717, 1.165) is 4.47 Å². The van der Waals surface area contributed by atoms with Gasteiger partial charge in [-0.25, -0.2) is 0 Å². The van der Waals surface area contributed by atoms with Crippen LogP contribution in [0.5, 0.6) is 0 Å². The van der Waals surface area contributed by atoms with E-state index in [1.165, 1.54) is 23.5 Å². The molecule has 4 nitrogen and oxygen atoms in total. The number of nitrogens with one attached hydrogen (secondary N) is 1. The summed E-state index contributed by atoms with van der Waals surface area (Å²) in [6.45, 7) is 0. The molecule has 2 aromatic rings. The summed E-state index contributed by atoms with van der Waals surface area (Å²) >= 11 is 4.60. The molecule has 92 valence electrons. The molecule has 0 unspecified atom stereocenters. The zero-order valence-electron chi connectivity index (χ0n) is 9.48. The van der Waals surface area contributed by atoms with Crippen LogP contribution in [-0.4, -0.2) is 5.91 Å². The topological polar surface area (TPSA) is 76.7 Å². The molecule has 1 aromatic carbocycles. The fourth-order valence-electron chi connectivity index (χ4n) is 1.44. The van der Waals surface area contributed by atoms with Crippen LogP contribution >= 0.6 is 27.3 Å². The number of nitriles is 2. The largest absolute Gasteiger partial charge is 0.321 e. The third-order valence-electron chi connectivity index (χ3n) is 2.31. The zero-order chi connectivity index (χ0) is 13.8. The van der Waals surface area contributed by atoms with Crippen molar-refractivity contribution in [2.75, 3.05) is 5.32 Å². The van der Waals surface area contributed by atoms with E-state index in [2.05, 4.69) is 21.2 Å². The Labute approximate surface area is 122 Å². The molecule has 0 aliphatic rings. The number of carbonyl (C=O) groups is 1. The third-order valence-corrected chi connectivity index (χ3v) is 4.00. The number of halogens is 1. The van der Waals surface area contributed by atoms with Gasteiger partial charge >= 0.3 is 0 Å². The van der Waals surface area contributed by atoms with Crippen molar-refractivity contribution in [3.8, 4) is 12.1 Å². The van der Waals surface area contributed by atoms with Crippen molar-refractivity contribution in [2.24, 2.45) is 0 Å². The van der Waals surface area contributed by atoms with Gasteiger partial charge < -0.3 is 5.32 Å². The predicted molar refractivity (Wildman–Crippen MR) is 75.8 cm³/mol. The molecule has 1 heterocycles. The maximum atomic E-state index is 11.9. The van der Waals surface area contributed by atoms with E-state index >= 15 is 0 Å². The first-order valence-corrected chi connectivity index (χ1v) is 6.81. The number of carbonyl (C=O) groups excluding carboxylic acids is 1. The van der Waals surface area contributed by atoms with Crippen LogP contribution in [0.2, 0.25) is 0 Å². The average molecular weight is 332 g/mol. The lowest BCUT2D eigenvalue weighted by molar-refractivity contribution is 0.103. The molecule has 1 N–H and O–H groups in total. The maximum absolute atomic E-state index is 11.9. The maximum Gasteiger partial charge on any atom is 0.265 e. The van der Waals surface area contributed by atoms with Gasteiger partial charge in [0, 0.05) is 15.5 Å². The Balaban J connectivity index is 2.23. The molecule has 0 saturated heterocycles. The van der Waals surface area contributed by atoms with Crippen LogP contribution in [-0.2, 0) is 0 Å². The SMILES string of the molecule is N#Cc1ccc(NC(=O)c2cc(Br)cs2)cc1C#N. The highest BCUT2D eigenvalue weighted by atomic mass is 79.9. The molecule has 0 atom stereocenters. The Morgan fingerprint density at radius 2 is 1.95 bits per heavy atom. The van der Waals surface area contributed by atoms with Crippen LogP contribution in [0.4, 0.5) is 5.69 Å². The van der Waals surface area contributed by atoms with E-state index in [9.17, 15) is 4.79 Å². The average Bonchev–Trinajstić information content (AvgIpc) is 2.85. The second-order valence-corrected chi connectivity index (χ2v) is 5.39. The van der Waals surface area contributed by atoms with E-state index in [4.69, 9.17) is 10.5 Å². The van der Waals surface area contributed by atoms with Crippen molar-refractivity contribution in [1.29, 1.82) is 10.5 Å². The summed E-state index contributed by atoms with van der Waals surface area (Å²) in [5, 5.41) is 22.2. The number of rotatable bonds is 2. The van der Waals surface area contributed by atoms with Gasteiger partial charge in [-0.2, -0.15) is 10.5 Å². The highest BCUT2D eigenvalue weighted by Gasteiger charge is 2.10. The molecule has 0 aliphatic carbocycles. The van der Waals surface area contributed by atoms with Crippen molar-refractivity contribution < 1.29 is 4.79 Å². The third kappa shape index (κ3) is 3.00. The van der Waals surface area contributed by atoms with Crippen LogP contribution in [0.25, 0.3) is 0 Å². The van der Waals surface area contributed by atoms with Crippen molar-refractivity contribution in [3.05, 3.63) is 50.1 Å². The number of amides is 1. The second-order valence-electron chi connectivity index (χ2n) is 3.57. The molecule has 1 amide bonds. The first kappa shape index (κ1) is 13.3. The Morgan fingerprint density at radius 1 is 1.21 bits per heavy atom. The minimum atomic E-state index is -0.246. The van der Waals surface area contributed by atoms with Crippen molar-refractivity contribution in [1.82, 2.24) is 0 Å². The van der Waals surface area contributed by atoms with E-state index in [-0.39, 0.29) is 11.5 Å². The minimum absolute atomic E-state index is 0.243. The van der Waals surface area contributed by atoms with E-state index in [1.54, 1.807) is 12.1 Å². The number of hydrogen-bond acceptors (Lipinski definition) is 4. The van der Waals surface area contributed by atoms with E-state index in [1.807, 2.05) is 17.5 Å². The quantitative estimate of drug-likeness (QED) is 0.914. The van der Waals surface area contributed by atoms with Crippen molar-refractivity contribution >= 4 is 38.9 Å². The molecule has 0 spiro atoms. The van der Waals surface area contributed by atoms with Crippen LogP contribution in [0.15, 0.2) is 34.1 Å². The molecule has 1 aromatic heterocycles. The Morgan fingerprint density at radius 3 is 2.53 bits per heavy atom. The molecule has 0 bridgehead atoms. The lowest BCUT2D eigenvalue weighted by Gasteiger charge is -2.04. The van der Waals surface area contributed by atoms with Crippen molar-refractivity contribution in [2.45, 2.75) is 0 Å². The van der Waals surface area contributed by atoms with Gasteiger partial charge in [0.2, 0.25) is 0 Å². The molecular formula is C13H6BrN3OS. The summed E-state index contributed by atoms with van der Waals surface area (Å²) in [6.07, 6.45) is 0. The lowest BCUT2D eigenvalue weighted by atomic mass is 10.1. The molecular weight excluding hydrogens is 326 g/mol. The van der Waals surface area contributed by atoms with E-state index < -0.39 is 0 Å². The Hall–Kier alpha value is -2.15. The molecule has 0 aliphatic heterocycles. The van der Waals surface area contributed by atoms with E-state index in [0.29, 0.717) is 16.1 Å². The van der Waals surface area contributed by atoms with Gasteiger partial charge in [-0.05, 0) is 40.2 Å². The second kappa shape index (κ2) is 5.66. The van der Waals surface area contributed by atoms with Gasteiger partial charge in [0.05, 0.1) is 16.0 Å². The summed E-state index contributed by atoms with van der Waals surface area (Å²) < 4.78 is 0.847. The molecule has 6 heteroatoms. The monoisotopic (exact) mass is 331 g/mol. The first-order valence-electron chi connectivity index (χ1n) is 5.13. The Bertz CT molecular complexity index is 724. The van der Waals surface area contributed by atoms with Gasteiger partial charge in [0.15, 0.2) is 0 Å².